The smallest absolute Gasteiger partial charge is 0.244 e. The molecule has 2 amide bonds. The summed E-state index contributed by atoms with van der Waals surface area (Å²) in [6, 6.07) is 25.3. The van der Waals surface area contributed by atoms with Gasteiger partial charge in [-0.15, -0.1) is 0 Å². The van der Waals surface area contributed by atoms with Crippen LogP contribution in [0.1, 0.15) is 44.4 Å². The molecule has 3 aromatic rings. The third kappa shape index (κ3) is 8.42. The van der Waals surface area contributed by atoms with E-state index in [-0.39, 0.29) is 17.9 Å². The summed E-state index contributed by atoms with van der Waals surface area (Å²) in [6.45, 7) is 8.21. The molecule has 3 aromatic carbocycles. The molecule has 0 bridgehead atoms. The quantitative estimate of drug-likeness (QED) is 0.381. The minimum absolute atomic E-state index is 0.103. The normalized spacial score (nSPS) is 12.4. The molecule has 0 saturated heterocycles. The summed E-state index contributed by atoms with van der Waals surface area (Å²) in [5, 5.41) is 2.86. The van der Waals surface area contributed by atoms with E-state index in [1.165, 1.54) is 4.90 Å². The van der Waals surface area contributed by atoms with Crippen LogP contribution in [0.2, 0.25) is 0 Å². The van der Waals surface area contributed by atoms with Gasteiger partial charge in [0.05, 0.1) is 11.9 Å². The second-order valence-electron chi connectivity index (χ2n) is 10.7. The number of carbonyl (C=O) groups excluding carboxylic acids is 2. The largest absolute Gasteiger partial charge is 0.355 e. The molecule has 7 nitrogen and oxygen atoms in total. The summed E-state index contributed by atoms with van der Waals surface area (Å²) >= 11 is 0. The summed E-state index contributed by atoms with van der Waals surface area (Å²) in [5.74, 6) is -0.748. The van der Waals surface area contributed by atoms with Crippen molar-refractivity contribution in [3.8, 4) is 0 Å². The van der Waals surface area contributed by atoms with Gasteiger partial charge in [0.2, 0.25) is 21.8 Å². The van der Waals surface area contributed by atoms with Crippen LogP contribution in [0.3, 0.4) is 0 Å². The van der Waals surface area contributed by atoms with Gasteiger partial charge in [0, 0.05) is 19.5 Å². The molecule has 0 spiro atoms. The Morgan fingerprint density at radius 1 is 0.846 bits per heavy atom. The Bertz CT molecular complexity index is 1340. The first-order chi connectivity index (χ1) is 18.4. The molecule has 0 aromatic heterocycles. The van der Waals surface area contributed by atoms with Crippen molar-refractivity contribution in [2.24, 2.45) is 0 Å². The number of nitrogens with zero attached hydrogens (tertiary/aromatic N) is 2. The van der Waals surface area contributed by atoms with E-state index in [9.17, 15) is 18.0 Å². The third-order valence-corrected chi connectivity index (χ3v) is 7.66. The Morgan fingerprint density at radius 2 is 1.38 bits per heavy atom. The van der Waals surface area contributed by atoms with Crippen LogP contribution in [0.15, 0.2) is 84.9 Å². The van der Waals surface area contributed by atoms with Gasteiger partial charge in [-0.05, 0) is 41.2 Å². The van der Waals surface area contributed by atoms with E-state index in [4.69, 9.17) is 0 Å². The Hall–Kier alpha value is -3.65. The van der Waals surface area contributed by atoms with Crippen LogP contribution in [0.25, 0.3) is 0 Å². The van der Waals surface area contributed by atoms with Gasteiger partial charge in [0.1, 0.15) is 12.6 Å². The molecule has 1 unspecified atom stereocenters. The minimum Gasteiger partial charge on any atom is -0.355 e. The Kier molecular flexibility index (Phi) is 9.92. The molecule has 1 N–H and O–H groups in total. The Morgan fingerprint density at radius 3 is 1.87 bits per heavy atom. The summed E-state index contributed by atoms with van der Waals surface area (Å²) in [7, 11) is -3.80. The maximum Gasteiger partial charge on any atom is 0.244 e. The van der Waals surface area contributed by atoms with Crippen molar-refractivity contribution >= 4 is 27.5 Å². The highest BCUT2D eigenvalue weighted by molar-refractivity contribution is 7.92. The second kappa shape index (κ2) is 12.9. The molecule has 208 valence electrons. The summed E-state index contributed by atoms with van der Waals surface area (Å²) in [4.78, 5) is 28.8. The lowest BCUT2D eigenvalue weighted by atomic mass is 9.87. The van der Waals surface area contributed by atoms with Crippen LogP contribution >= 0.6 is 0 Å². The summed E-state index contributed by atoms with van der Waals surface area (Å²) in [5.41, 5.74) is 3.09. The lowest BCUT2D eigenvalue weighted by Crippen LogP contribution is -2.53. The van der Waals surface area contributed by atoms with Crippen molar-refractivity contribution in [1.29, 1.82) is 0 Å². The summed E-state index contributed by atoms with van der Waals surface area (Å²) < 4.78 is 26.9. The minimum atomic E-state index is -3.80. The van der Waals surface area contributed by atoms with E-state index in [1.807, 2.05) is 79.7 Å². The zero-order valence-electron chi connectivity index (χ0n) is 23.4. The van der Waals surface area contributed by atoms with Gasteiger partial charge >= 0.3 is 0 Å². The highest BCUT2D eigenvalue weighted by atomic mass is 32.2. The summed E-state index contributed by atoms with van der Waals surface area (Å²) in [6.07, 6.45) is 1.38. The fourth-order valence-electron chi connectivity index (χ4n) is 4.37. The van der Waals surface area contributed by atoms with Crippen LogP contribution in [-0.4, -0.2) is 50.5 Å². The van der Waals surface area contributed by atoms with E-state index in [1.54, 1.807) is 12.1 Å². The van der Waals surface area contributed by atoms with Crippen molar-refractivity contribution in [1.82, 2.24) is 10.2 Å². The zero-order chi connectivity index (χ0) is 28.6. The number of carbonyl (C=O) groups is 2. The van der Waals surface area contributed by atoms with Gasteiger partial charge in [-0.25, -0.2) is 8.42 Å². The monoisotopic (exact) mass is 549 g/mol. The van der Waals surface area contributed by atoms with E-state index in [2.05, 4.69) is 26.1 Å². The van der Waals surface area contributed by atoms with E-state index >= 15 is 0 Å². The fraction of sp³-hybridized carbons (Fsp3) is 0.355. The van der Waals surface area contributed by atoms with E-state index < -0.39 is 28.5 Å². The number of hydrogen-bond donors (Lipinski definition) is 1. The van der Waals surface area contributed by atoms with Crippen LogP contribution in [0, 0.1) is 0 Å². The van der Waals surface area contributed by atoms with Crippen LogP contribution in [0.4, 0.5) is 5.69 Å². The van der Waals surface area contributed by atoms with Gasteiger partial charge in [-0.2, -0.15) is 0 Å². The van der Waals surface area contributed by atoms with Crippen LogP contribution < -0.4 is 9.62 Å². The Balaban J connectivity index is 2.01. The molecular weight excluding hydrogens is 510 g/mol. The Labute approximate surface area is 232 Å². The predicted molar refractivity (Wildman–Crippen MR) is 157 cm³/mol. The standard InChI is InChI=1S/C31H39N3O4S/c1-6-32-30(36)28(21-24-13-9-7-10-14-24)33(22-25-15-11-8-12-16-25)29(35)23-34(39(5,37)38)27-19-17-26(18-20-27)31(2,3)4/h7-20,28H,6,21-23H2,1-5H3,(H,32,36). The topological polar surface area (TPSA) is 86.8 Å². The molecule has 3 rings (SSSR count). The number of rotatable bonds is 11. The van der Waals surface area contributed by atoms with Crippen molar-refractivity contribution in [3.05, 3.63) is 102 Å². The second-order valence-corrected chi connectivity index (χ2v) is 12.6. The molecular formula is C31H39N3O4S. The van der Waals surface area contributed by atoms with Crippen LogP contribution in [-0.2, 0) is 38.0 Å². The predicted octanol–water partition coefficient (Wildman–Crippen LogP) is 4.53. The van der Waals surface area contributed by atoms with Crippen molar-refractivity contribution in [2.45, 2.75) is 52.1 Å². The first-order valence-corrected chi connectivity index (χ1v) is 15.0. The fourth-order valence-corrected chi connectivity index (χ4v) is 5.22. The molecule has 1 atom stereocenters. The number of likely N-dealkylation sites (N-methyl/N-ethyl adjacent to an activating group) is 1. The number of benzene rings is 3. The maximum absolute atomic E-state index is 14.0. The first kappa shape index (κ1) is 29.9. The van der Waals surface area contributed by atoms with Crippen LogP contribution in [0.5, 0.6) is 0 Å². The van der Waals surface area contributed by atoms with E-state index in [0.717, 1.165) is 27.3 Å². The first-order valence-electron chi connectivity index (χ1n) is 13.1. The van der Waals surface area contributed by atoms with Crippen molar-refractivity contribution in [2.75, 3.05) is 23.7 Å². The van der Waals surface area contributed by atoms with E-state index in [0.29, 0.717) is 18.7 Å². The molecule has 8 heteroatoms. The number of nitrogens with one attached hydrogen (secondary N) is 1. The lowest BCUT2D eigenvalue weighted by molar-refractivity contribution is -0.140. The van der Waals surface area contributed by atoms with Gasteiger partial charge < -0.3 is 10.2 Å². The molecule has 0 aliphatic heterocycles. The SMILES string of the molecule is CCNC(=O)C(Cc1ccccc1)N(Cc1ccccc1)C(=O)CN(c1ccc(C(C)(C)C)cc1)S(C)(=O)=O. The zero-order valence-corrected chi connectivity index (χ0v) is 24.2. The number of amides is 2. The van der Waals surface area contributed by atoms with Gasteiger partial charge in [-0.3, -0.25) is 13.9 Å². The molecule has 0 aliphatic rings. The average molecular weight is 550 g/mol. The lowest BCUT2D eigenvalue weighted by Gasteiger charge is -2.33. The van der Waals surface area contributed by atoms with Crippen molar-refractivity contribution in [3.63, 3.8) is 0 Å². The van der Waals surface area contributed by atoms with Gasteiger partial charge in [-0.1, -0.05) is 93.6 Å². The number of anilines is 1. The molecule has 0 fully saturated rings. The van der Waals surface area contributed by atoms with Crippen molar-refractivity contribution < 1.29 is 18.0 Å². The number of hydrogen-bond acceptors (Lipinski definition) is 4. The van der Waals surface area contributed by atoms with Gasteiger partial charge in [0.15, 0.2) is 0 Å². The maximum atomic E-state index is 14.0. The molecule has 0 radical (unpaired) electrons. The van der Waals surface area contributed by atoms with Gasteiger partial charge in [0.25, 0.3) is 0 Å². The average Bonchev–Trinajstić information content (AvgIpc) is 2.89. The molecule has 0 heterocycles. The molecule has 0 aliphatic carbocycles. The highest BCUT2D eigenvalue weighted by Gasteiger charge is 2.33. The highest BCUT2D eigenvalue weighted by Crippen LogP contribution is 2.26. The third-order valence-electron chi connectivity index (χ3n) is 6.52. The molecule has 0 saturated carbocycles. The number of sulfonamides is 1. The molecule has 39 heavy (non-hydrogen) atoms.